The summed E-state index contributed by atoms with van der Waals surface area (Å²) in [6.07, 6.45) is -0.927. The van der Waals surface area contributed by atoms with E-state index in [2.05, 4.69) is 10.6 Å². The number of amides is 1. The predicted molar refractivity (Wildman–Crippen MR) is 89.6 cm³/mol. The number of Topliss-reactive ketones (excluding diaryl/α,β-unsaturated/α-hetero) is 2. The molecule has 2 saturated heterocycles. The molecule has 4 aliphatic rings. The lowest BCUT2D eigenvalue weighted by atomic mass is 9.82. The van der Waals surface area contributed by atoms with Crippen molar-refractivity contribution in [1.82, 2.24) is 15.5 Å². The number of allylic oxidation sites excluding steroid dienone is 2. The Morgan fingerprint density at radius 1 is 1.42 bits per heavy atom. The number of hydrogen-bond donors (Lipinski definition) is 3. The van der Waals surface area contributed by atoms with E-state index in [1.54, 1.807) is 14.0 Å². The van der Waals surface area contributed by atoms with E-state index in [1.807, 2.05) is 11.8 Å². The Morgan fingerprint density at radius 2 is 2.15 bits per heavy atom. The van der Waals surface area contributed by atoms with Crippen LogP contribution >= 0.6 is 0 Å². The van der Waals surface area contributed by atoms with E-state index >= 15 is 0 Å². The fraction of sp³-hybridized carbons (Fsp3) is 0.588. The summed E-state index contributed by atoms with van der Waals surface area (Å²) in [4.78, 5) is 39.4. The van der Waals surface area contributed by atoms with Gasteiger partial charge in [-0.1, -0.05) is 0 Å². The number of hydrogen-bond acceptors (Lipinski definition) is 8. The summed E-state index contributed by atoms with van der Waals surface area (Å²) < 4.78 is 10.9. The SMILES string of the molecule is CCNC1=C(C)C(=O)C2=C(C1=O)[C@H](COC(N)=O)C1(OC)[C@@H]3N[C@@H]3CN21. The third-order valence-corrected chi connectivity index (χ3v) is 5.78. The highest BCUT2D eigenvalue weighted by molar-refractivity contribution is 6.25. The van der Waals surface area contributed by atoms with Gasteiger partial charge in [-0.15, -0.1) is 0 Å². The van der Waals surface area contributed by atoms with Crippen LogP contribution in [0.5, 0.6) is 0 Å². The third kappa shape index (κ3) is 1.95. The van der Waals surface area contributed by atoms with E-state index in [9.17, 15) is 14.4 Å². The maximum absolute atomic E-state index is 13.2. The van der Waals surface area contributed by atoms with Crippen LogP contribution in [0, 0.1) is 5.92 Å². The van der Waals surface area contributed by atoms with Gasteiger partial charge in [0.2, 0.25) is 11.6 Å². The van der Waals surface area contributed by atoms with Crippen molar-refractivity contribution >= 4 is 17.7 Å². The molecular formula is C17H22N4O5. The van der Waals surface area contributed by atoms with Crippen molar-refractivity contribution in [3.63, 3.8) is 0 Å². The highest BCUT2D eigenvalue weighted by atomic mass is 16.6. The smallest absolute Gasteiger partial charge is 0.404 e. The van der Waals surface area contributed by atoms with E-state index in [-0.39, 0.29) is 30.3 Å². The lowest BCUT2D eigenvalue weighted by molar-refractivity contribution is -0.137. The minimum absolute atomic E-state index is 0.0388. The standard InChI is InChI=1S/C17H22N4O5/c1-4-19-11-7(2)13(22)12-10(14(11)23)8(6-26-16(18)24)17(25-3)15-9(20-15)5-21(12)17/h8-9,15,19-20H,4-6H2,1-3H3,(H2,18,24)/t8-,9+,15+,17?/m0/s1. The molecule has 3 heterocycles. The first-order valence-corrected chi connectivity index (χ1v) is 8.67. The summed E-state index contributed by atoms with van der Waals surface area (Å²) in [5.41, 5.74) is 5.61. The Bertz CT molecular complexity index is 788. The van der Waals surface area contributed by atoms with Crippen molar-refractivity contribution in [3.05, 3.63) is 22.5 Å². The lowest BCUT2D eigenvalue weighted by Gasteiger charge is -2.39. The number of nitrogens with one attached hydrogen (secondary N) is 2. The molecule has 4 N–H and O–H groups in total. The van der Waals surface area contributed by atoms with Crippen molar-refractivity contribution in [3.8, 4) is 0 Å². The summed E-state index contributed by atoms with van der Waals surface area (Å²) in [6.45, 7) is 4.47. The average molecular weight is 362 g/mol. The molecule has 1 amide bonds. The van der Waals surface area contributed by atoms with Gasteiger partial charge < -0.3 is 30.7 Å². The molecule has 4 rings (SSSR count). The Kier molecular flexibility index (Phi) is 3.64. The number of likely N-dealkylation sites (N-methyl/N-ethyl adjacent to an activating group) is 1. The number of nitrogens with zero attached hydrogens (tertiary/aromatic N) is 1. The quantitative estimate of drug-likeness (QED) is 0.419. The molecule has 0 aromatic heterocycles. The molecule has 0 aromatic rings. The number of primary amides is 1. The number of nitrogens with two attached hydrogens (primary N) is 1. The Hall–Kier alpha value is -2.39. The molecule has 26 heavy (non-hydrogen) atoms. The van der Waals surface area contributed by atoms with Crippen molar-refractivity contribution in [2.45, 2.75) is 31.7 Å². The van der Waals surface area contributed by atoms with Crippen LogP contribution in [0.15, 0.2) is 22.5 Å². The van der Waals surface area contributed by atoms with Gasteiger partial charge in [-0.05, 0) is 13.8 Å². The average Bonchev–Trinajstić information content (AvgIpc) is 3.21. The van der Waals surface area contributed by atoms with E-state index in [0.717, 1.165) is 0 Å². The first kappa shape index (κ1) is 17.0. The second-order valence-electron chi connectivity index (χ2n) is 6.95. The number of carbonyl (C=O) groups excluding carboxylic acids is 3. The fourth-order valence-corrected chi connectivity index (χ4v) is 4.68. The van der Waals surface area contributed by atoms with Crippen LogP contribution in [0.25, 0.3) is 0 Å². The number of carbonyl (C=O) groups is 3. The van der Waals surface area contributed by atoms with Gasteiger partial charge in [0.05, 0.1) is 23.4 Å². The molecule has 0 aromatic carbocycles. The van der Waals surface area contributed by atoms with Crippen LogP contribution in [0.1, 0.15) is 13.8 Å². The van der Waals surface area contributed by atoms with Gasteiger partial charge in [0.1, 0.15) is 6.61 Å². The van der Waals surface area contributed by atoms with Crippen molar-refractivity contribution in [2.75, 3.05) is 26.8 Å². The van der Waals surface area contributed by atoms with Gasteiger partial charge >= 0.3 is 6.09 Å². The number of fused-ring (bicyclic) bond motifs is 4. The number of rotatable bonds is 5. The number of methoxy groups -OCH3 is 1. The summed E-state index contributed by atoms with van der Waals surface area (Å²) >= 11 is 0. The zero-order valence-electron chi connectivity index (χ0n) is 14.9. The van der Waals surface area contributed by atoms with Crippen LogP contribution < -0.4 is 16.4 Å². The first-order valence-electron chi connectivity index (χ1n) is 8.67. The lowest BCUT2D eigenvalue weighted by Crippen LogP contribution is -2.55. The molecule has 0 radical (unpaired) electrons. The van der Waals surface area contributed by atoms with E-state index < -0.39 is 17.7 Å². The fourth-order valence-electron chi connectivity index (χ4n) is 4.68. The molecule has 2 fully saturated rings. The number of piperazine rings is 1. The molecule has 1 unspecified atom stereocenters. The predicted octanol–water partition coefficient (Wildman–Crippen LogP) is -1.00. The van der Waals surface area contributed by atoms with Gasteiger partial charge in [-0.3, -0.25) is 9.59 Å². The Labute approximate surface area is 150 Å². The molecule has 9 nitrogen and oxygen atoms in total. The molecule has 0 saturated carbocycles. The van der Waals surface area contributed by atoms with Gasteiger partial charge in [0, 0.05) is 37.4 Å². The molecule has 1 aliphatic carbocycles. The second-order valence-corrected chi connectivity index (χ2v) is 6.95. The first-order chi connectivity index (χ1) is 12.4. The van der Waals surface area contributed by atoms with Crippen LogP contribution in [-0.2, 0) is 19.1 Å². The van der Waals surface area contributed by atoms with Crippen LogP contribution in [0.3, 0.4) is 0 Å². The van der Waals surface area contributed by atoms with Crippen molar-refractivity contribution in [2.24, 2.45) is 11.7 Å². The summed E-state index contributed by atoms with van der Waals surface area (Å²) in [7, 11) is 1.55. The molecular weight excluding hydrogens is 340 g/mol. The van der Waals surface area contributed by atoms with Gasteiger partial charge in [0.15, 0.2) is 5.72 Å². The molecule has 9 heteroatoms. The molecule has 0 spiro atoms. The Balaban J connectivity index is 1.82. The Morgan fingerprint density at radius 3 is 2.77 bits per heavy atom. The van der Waals surface area contributed by atoms with Gasteiger partial charge in [0.25, 0.3) is 0 Å². The monoisotopic (exact) mass is 362 g/mol. The highest BCUT2D eigenvalue weighted by Gasteiger charge is 2.72. The topological polar surface area (TPSA) is 133 Å². The van der Waals surface area contributed by atoms with Gasteiger partial charge in [-0.25, -0.2) is 4.79 Å². The molecule has 140 valence electrons. The summed E-state index contributed by atoms with van der Waals surface area (Å²) in [5, 5.41) is 6.32. The largest absolute Gasteiger partial charge is 0.449 e. The minimum Gasteiger partial charge on any atom is -0.449 e. The number of ether oxygens (including phenoxy) is 2. The zero-order valence-corrected chi connectivity index (χ0v) is 14.9. The van der Waals surface area contributed by atoms with E-state index in [1.165, 1.54) is 0 Å². The maximum atomic E-state index is 13.2. The van der Waals surface area contributed by atoms with Gasteiger partial charge in [-0.2, -0.15) is 0 Å². The van der Waals surface area contributed by atoms with Crippen LogP contribution in [-0.4, -0.2) is 67.2 Å². The molecule has 0 bridgehead atoms. The molecule has 4 atom stereocenters. The van der Waals surface area contributed by atoms with E-state index in [0.29, 0.717) is 35.6 Å². The van der Waals surface area contributed by atoms with E-state index in [4.69, 9.17) is 15.2 Å². The van der Waals surface area contributed by atoms with Crippen molar-refractivity contribution in [1.29, 1.82) is 0 Å². The van der Waals surface area contributed by atoms with Crippen LogP contribution in [0.4, 0.5) is 4.79 Å². The minimum atomic E-state index is -0.932. The van der Waals surface area contributed by atoms with Crippen molar-refractivity contribution < 1.29 is 23.9 Å². The third-order valence-electron chi connectivity index (χ3n) is 5.78. The van der Waals surface area contributed by atoms with Crippen LogP contribution in [0.2, 0.25) is 0 Å². The highest BCUT2D eigenvalue weighted by Crippen LogP contribution is 2.55. The normalized spacial score (nSPS) is 34.7. The maximum Gasteiger partial charge on any atom is 0.404 e. The summed E-state index contributed by atoms with van der Waals surface area (Å²) in [5.74, 6) is -1.04. The zero-order chi connectivity index (χ0) is 18.8. The number of ketones is 2. The second kappa shape index (κ2) is 5.55. The molecule has 3 aliphatic heterocycles. The summed E-state index contributed by atoms with van der Waals surface area (Å²) in [6, 6.07) is 0.144.